The van der Waals surface area contributed by atoms with Crippen LogP contribution in [-0.4, -0.2) is 15.8 Å². The highest BCUT2D eigenvalue weighted by molar-refractivity contribution is 6.16. The molecule has 2 heterocycles. The first-order chi connectivity index (χ1) is 13.0. The third kappa shape index (κ3) is 3.03. The van der Waals surface area contributed by atoms with Crippen LogP contribution in [0, 0.1) is 17.5 Å². The first-order valence-electron chi connectivity index (χ1n) is 7.93. The number of nitrogens with zero attached hydrogens (tertiary/aromatic N) is 1. The van der Waals surface area contributed by atoms with E-state index in [0.29, 0.717) is 11.9 Å². The molecule has 0 saturated heterocycles. The number of halogens is 3. The highest BCUT2D eigenvalue weighted by Crippen LogP contribution is 2.27. The number of rotatable bonds is 4. The number of para-hydroxylation sites is 1. The van der Waals surface area contributed by atoms with E-state index in [-0.39, 0.29) is 27.9 Å². The second kappa shape index (κ2) is 6.60. The van der Waals surface area contributed by atoms with Gasteiger partial charge in [-0.3, -0.25) is 4.79 Å². The van der Waals surface area contributed by atoms with Crippen LogP contribution >= 0.6 is 0 Å². The molecule has 27 heavy (non-hydrogen) atoms. The van der Waals surface area contributed by atoms with Crippen molar-refractivity contribution >= 4 is 16.8 Å². The van der Waals surface area contributed by atoms with Gasteiger partial charge < -0.3 is 9.72 Å². The number of aromatic nitrogens is 2. The number of pyridine rings is 1. The van der Waals surface area contributed by atoms with Gasteiger partial charge in [-0.1, -0.05) is 18.2 Å². The molecule has 4 aromatic rings. The van der Waals surface area contributed by atoms with Crippen LogP contribution in [0.25, 0.3) is 11.0 Å². The summed E-state index contributed by atoms with van der Waals surface area (Å²) in [6.45, 7) is 0. The molecule has 134 valence electrons. The summed E-state index contributed by atoms with van der Waals surface area (Å²) in [5, 5.41) is -0.316. The van der Waals surface area contributed by atoms with Crippen LogP contribution in [-0.2, 0) is 0 Å². The van der Waals surface area contributed by atoms with Gasteiger partial charge in [0.15, 0.2) is 17.4 Å². The first kappa shape index (κ1) is 16.8. The molecule has 0 saturated carbocycles. The molecule has 0 atom stereocenters. The lowest BCUT2D eigenvalue weighted by Gasteiger charge is -2.08. The van der Waals surface area contributed by atoms with E-state index in [1.165, 1.54) is 18.3 Å². The Kier molecular flexibility index (Phi) is 4.12. The minimum Gasteiger partial charge on any atom is -0.457 e. The van der Waals surface area contributed by atoms with Crippen molar-refractivity contribution in [3.63, 3.8) is 0 Å². The number of ketones is 1. The number of H-pyrrole nitrogens is 1. The lowest BCUT2D eigenvalue weighted by atomic mass is 10.0. The average molecular weight is 368 g/mol. The summed E-state index contributed by atoms with van der Waals surface area (Å²) in [7, 11) is 0. The Bertz CT molecular complexity index is 1160. The standard InChI is InChI=1S/C20H11F3N2O2/c21-15-8-12(27-11-4-2-1-3-5-11)6-7-13(15)19(26)14-9-24-20-17(14)18(23)16(22)10-25-20/h1-10H,(H,24,25). The van der Waals surface area contributed by atoms with Gasteiger partial charge in [-0.2, -0.15) is 0 Å². The van der Waals surface area contributed by atoms with Crippen LogP contribution < -0.4 is 4.74 Å². The number of ether oxygens (including phenoxy) is 1. The lowest BCUT2D eigenvalue weighted by molar-refractivity contribution is 0.103. The number of benzene rings is 2. The Hall–Kier alpha value is -3.61. The number of hydrogen-bond donors (Lipinski definition) is 1. The average Bonchev–Trinajstić information content (AvgIpc) is 3.10. The van der Waals surface area contributed by atoms with Crippen LogP contribution in [0.2, 0.25) is 0 Å². The van der Waals surface area contributed by atoms with Gasteiger partial charge in [-0.05, 0) is 24.3 Å². The molecular weight excluding hydrogens is 357 g/mol. The molecular formula is C20H11F3N2O2. The number of carbonyl (C=O) groups excluding carboxylic acids is 1. The third-order valence-electron chi connectivity index (χ3n) is 4.00. The molecule has 7 heteroatoms. The molecule has 1 N–H and O–H groups in total. The van der Waals surface area contributed by atoms with Crippen molar-refractivity contribution in [3.05, 3.63) is 89.5 Å². The predicted octanol–water partition coefficient (Wildman–Crippen LogP) is 5.00. The van der Waals surface area contributed by atoms with E-state index in [2.05, 4.69) is 9.97 Å². The molecule has 2 aromatic heterocycles. The van der Waals surface area contributed by atoms with E-state index in [4.69, 9.17) is 4.74 Å². The normalized spacial score (nSPS) is 10.9. The monoisotopic (exact) mass is 368 g/mol. The fraction of sp³-hybridized carbons (Fsp3) is 0. The van der Waals surface area contributed by atoms with Crippen LogP contribution in [0.4, 0.5) is 13.2 Å². The van der Waals surface area contributed by atoms with Gasteiger partial charge in [0.1, 0.15) is 23.0 Å². The quantitative estimate of drug-likeness (QED) is 0.516. The topological polar surface area (TPSA) is 55.0 Å². The zero-order valence-electron chi connectivity index (χ0n) is 13.7. The molecule has 0 unspecified atom stereocenters. The number of carbonyl (C=O) groups is 1. The van der Waals surface area contributed by atoms with E-state index >= 15 is 0 Å². The van der Waals surface area contributed by atoms with Crippen molar-refractivity contribution in [2.24, 2.45) is 0 Å². The zero-order valence-corrected chi connectivity index (χ0v) is 13.7. The second-order valence-corrected chi connectivity index (χ2v) is 5.73. The molecule has 2 aromatic carbocycles. The first-order valence-corrected chi connectivity index (χ1v) is 7.93. The van der Waals surface area contributed by atoms with Crippen molar-refractivity contribution in [2.75, 3.05) is 0 Å². The summed E-state index contributed by atoms with van der Waals surface area (Å²) in [4.78, 5) is 18.9. The maximum Gasteiger partial charge on any atom is 0.198 e. The molecule has 4 rings (SSSR count). The minimum atomic E-state index is -1.21. The second-order valence-electron chi connectivity index (χ2n) is 5.73. The van der Waals surface area contributed by atoms with E-state index in [1.807, 2.05) is 6.07 Å². The Morgan fingerprint density at radius 2 is 1.70 bits per heavy atom. The van der Waals surface area contributed by atoms with Crippen LogP contribution in [0.15, 0.2) is 60.9 Å². The molecule has 4 nitrogen and oxygen atoms in total. The van der Waals surface area contributed by atoms with E-state index in [9.17, 15) is 18.0 Å². The summed E-state index contributed by atoms with van der Waals surface area (Å²) in [6, 6.07) is 12.5. The lowest BCUT2D eigenvalue weighted by Crippen LogP contribution is -2.05. The molecule has 0 aliphatic carbocycles. The summed E-state index contributed by atoms with van der Waals surface area (Å²) in [6.07, 6.45) is 1.88. The summed E-state index contributed by atoms with van der Waals surface area (Å²) >= 11 is 0. The van der Waals surface area contributed by atoms with Gasteiger partial charge >= 0.3 is 0 Å². The largest absolute Gasteiger partial charge is 0.457 e. The summed E-state index contributed by atoms with van der Waals surface area (Å²) in [5.41, 5.74) is -0.494. The Balaban J connectivity index is 1.70. The van der Waals surface area contributed by atoms with Gasteiger partial charge in [-0.25, -0.2) is 18.2 Å². The van der Waals surface area contributed by atoms with Crippen LogP contribution in [0.3, 0.4) is 0 Å². The van der Waals surface area contributed by atoms with Crippen LogP contribution in [0.5, 0.6) is 11.5 Å². The van der Waals surface area contributed by atoms with E-state index < -0.39 is 23.2 Å². The maximum absolute atomic E-state index is 14.5. The smallest absolute Gasteiger partial charge is 0.198 e. The van der Waals surface area contributed by atoms with Gasteiger partial charge in [0.05, 0.1) is 22.7 Å². The molecule has 0 radical (unpaired) electrons. The van der Waals surface area contributed by atoms with Crippen molar-refractivity contribution < 1.29 is 22.7 Å². The zero-order chi connectivity index (χ0) is 19.0. The number of aromatic amines is 1. The van der Waals surface area contributed by atoms with E-state index in [0.717, 1.165) is 6.07 Å². The van der Waals surface area contributed by atoms with Gasteiger partial charge in [-0.15, -0.1) is 0 Å². The molecule has 0 aliphatic heterocycles. The Morgan fingerprint density at radius 1 is 0.926 bits per heavy atom. The van der Waals surface area contributed by atoms with Crippen LogP contribution in [0.1, 0.15) is 15.9 Å². The number of hydrogen-bond acceptors (Lipinski definition) is 3. The SMILES string of the molecule is O=C(c1ccc(Oc2ccccc2)cc1F)c1c[nH]c2ncc(F)c(F)c12. The van der Waals surface area contributed by atoms with Gasteiger partial charge in [0, 0.05) is 12.3 Å². The predicted molar refractivity (Wildman–Crippen MR) is 92.4 cm³/mol. The molecule has 0 bridgehead atoms. The van der Waals surface area contributed by atoms with Crippen molar-refractivity contribution in [2.45, 2.75) is 0 Å². The molecule has 0 fully saturated rings. The molecule has 0 spiro atoms. The van der Waals surface area contributed by atoms with Crippen molar-refractivity contribution in [1.29, 1.82) is 0 Å². The third-order valence-corrected chi connectivity index (χ3v) is 4.00. The van der Waals surface area contributed by atoms with Crippen molar-refractivity contribution in [3.8, 4) is 11.5 Å². The summed E-state index contributed by atoms with van der Waals surface area (Å²) < 4.78 is 47.5. The Labute approximate surface area is 151 Å². The summed E-state index contributed by atoms with van der Waals surface area (Å²) in [5.74, 6) is -3.33. The molecule has 0 amide bonds. The fourth-order valence-electron chi connectivity index (χ4n) is 2.73. The van der Waals surface area contributed by atoms with Crippen molar-refractivity contribution in [1.82, 2.24) is 9.97 Å². The van der Waals surface area contributed by atoms with Gasteiger partial charge in [0.2, 0.25) is 0 Å². The molecule has 0 aliphatic rings. The number of fused-ring (bicyclic) bond motifs is 1. The highest BCUT2D eigenvalue weighted by atomic mass is 19.2. The Morgan fingerprint density at radius 3 is 2.44 bits per heavy atom. The highest BCUT2D eigenvalue weighted by Gasteiger charge is 2.22. The van der Waals surface area contributed by atoms with E-state index in [1.54, 1.807) is 24.3 Å². The fourth-order valence-corrected chi connectivity index (χ4v) is 2.73. The van der Waals surface area contributed by atoms with Gasteiger partial charge in [0.25, 0.3) is 0 Å². The maximum atomic E-state index is 14.5. The number of nitrogens with one attached hydrogen (secondary N) is 1. The minimum absolute atomic E-state index is 0.00156.